The highest BCUT2D eigenvalue weighted by molar-refractivity contribution is 5.72. The molecule has 7 heteroatoms. The van der Waals surface area contributed by atoms with Crippen molar-refractivity contribution in [2.75, 3.05) is 6.61 Å². The van der Waals surface area contributed by atoms with Gasteiger partial charge >= 0.3 is 5.97 Å². The molecule has 7 nitrogen and oxygen atoms in total. The molecular weight excluding hydrogens is 184 g/mol. The Hall–Kier alpha value is -0.730. The van der Waals surface area contributed by atoms with Crippen LogP contribution in [0.4, 0.5) is 0 Å². The lowest BCUT2D eigenvalue weighted by Gasteiger charge is -2.23. The van der Waals surface area contributed by atoms with Crippen LogP contribution in [0.25, 0.3) is 0 Å². The van der Waals surface area contributed by atoms with E-state index in [0.29, 0.717) is 0 Å². The molecule has 0 aliphatic rings. The van der Waals surface area contributed by atoms with Crippen molar-refractivity contribution in [3.8, 4) is 0 Å². The standard InChI is InChI=1S/C6H12O7/c7-1-2(8)3(9)4(10)5(11)6(12)13/h2-5,7-11H,1H2,(H,12,13)/t2?,3?,4-,5-/m0/s1. The number of carboxylic acids is 1. The molecule has 0 aromatic rings. The van der Waals surface area contributed by atoms with Crippen LogP contribution in [-0.4, -0.2) is 67.6 Å². The molecule has 78 valence electrons. The Morgan fingerprint density at radius 2 is 1.54 bits per heavy atom. The molecule has 0 fully saturated rings. The number of aliphatic hydroxyl groups is 5. The third-order valence-electron chi connectivity index (χ3n) is 1.51. The summed E-state index contributed by atoms with van der Waals surface area (Å²) in [7, 11) is 0. The predicted molar refractivity (Wildman–Crippen MR) is 38.7 cm³/mol. The third-order valence-corrected chi connectivity index (χ3v) is 1.51. The van der Waals surface area contributed by atoms with Crippen molar-refractivity contribution in [2.24, 2.45) is 0 Å². The number of hydrogen-bond donors (Lipinski definition) is 6. The second kappa shape index (κ2) is 5.10. The molecule has 0 heterocycles. The van der Waals surface area contributed by atoms with E-state index in [2.05, 4.69) is 0 Å². The van der Waals surface area contributed by atoms with Crippen LogP contribution < -0.4 is 0 Å². The summed E-state index contributed by atoms with van der Waals surface area (Å²) >= 11 is 0. The van der Waals surface area contributed by atoms with Gasteiger partial charge in [0.2, 0.25) is 0 Å². The summed E-state index contributed by atoms with van der Waals surface area (Å²) in [6.45, 7) is -0.843. The Labute approximate surface area is 73.5 Å². The van der Waals surface area contributed by atoms with E-state index in [1.54, 1.807) is 0 Å². The second-order valence-electron chi connectivity index (χ2n) is 2.51. The van der Waals surface area contributed by atoms with Crippen molar-refractivity contribution < 1.29 is 35.4 Å². The van der Waals surface area contributed by atoms with Gasteiger partial charge in [0, 0.05) is 0 Å². The Morgan fingerprint density at radius 3 is 1.85 bits per heavy atom. The molecule has 0 saturated carbocycles. The third kappa shape index (κ3) is 3.25. The van der Waals surface area contributed by atoms with E-state index in [4.69, 9.17) is 30.6 Å². The van der Waals surface area contributed by atoms with Gasteiger partial charge in [0.05, 0.1) is 6.61 Å². The van der Waals surface area contributed by atoms with Gasteiger partial charge < -0.3 is 30.6 Å². The van der Waals surface area contributed by atoms with Gasteiger partial charge in [-0.1, -0.05) is 0 Å². The van der Waals surface area contributed by atoms with Crippen LogP contribution in [0.3, 0.4) is 0 Å². The number of rotatable bonds is 5. The Morgan fingerprint density at radius 1 is 1.08 bits per heavy atom. The van der Waals surface area contributed by atoms with Crippen LogP contribution in [0, 0.1) is 0 Å². The van der Waals surface area contributed by atoms with Crippen LogP contribution in [0.5, 0.6) is 0 Å². The van der Waals surface area contributed by atoms with E-state index in [0.717, 1.165) is 0 Å². The van der Waals surface area contributed by atoms with Crippen molar-refractivity contribution in [3.63, 3.8) is 0 Å². The first-order chi connectivity index (χ1) is 5.91. The SMILES string of the molecule is O=C(O)[C@@H](O)[C@@H](O)C(O)C(O)CO. The number of aliphatic carboxylic acids is 1. The fourth-order valence-electron chi connectivity index (χ4n) is 0.668. The number of aliphatic hydroxyl groups excluding tert-OH is 5. The van der Waals surface area contributed by atoms with Gasteiger partial charge in [-0.25, -0.2) is 4.79 Å². The maximum absolute atomic E-state index is 10.1. The van der Waals surface area contributed by atoms with Crippen LogP contribution >= 0.6 is 0 Å². The van der Waals surface area contributed by atoms with Gasteiger partial charge in [0.15, 0.2) is 6.10 Å². The lowest BCUT2D eigenvalue weighted by molar-refractivity contribution is -0.164. The number of carboxylic acid groups (broad SMARTS) is 1. The first-order valence-electron chi connectivity index (χ1n) is 3.47. The lowest BCUT2D eigenvalue weighted by atomic mass is 10.0. The highest BCUT2D eigenvalue weighted by Crippen LogP contribution is 2.04. The quantitative estimate of drug-likeness (QED) is 0.268. The summed E-state index contributed by atoms with van der Waals surface area (Å²) in [6, 6.07) is 0. The topological polar surface area (TPSA) is 138 Å². The Balaban J connectivity index is 4.24. The molecule has 0 aliphatic carbocycles. The number of hydrogen-bond acceptors (Lipinski definition) is 6. The molecule has 0 aromatic heterocycles. The summed E-state index contributed by atoms with van der Waals surface area (Å²) in [5.41, 5.74) is 0. The summed E-state index contributed by atoms with van der Waals surface area (Å²) < 4.78 is 0. The molecule has 0 spiro atoms. The van der Waals surface area contributed by atoms with E-state index in [-0.39, 0.29) is 0 Å². The van der Waals surface area contributed by atoms with E-state index in [9.17, 15) is 4.79 Å². The predicted octanol–water partition coefficient (Wildman–Crippen LogP) is -3.49. The summed E-state index contributed by atoms with van der Waals surface area (Å²) in [5.74, 6) is -1.73. The molecule has 6 N–H and O–H groups in total. The zero-order valence-electron chi connectivity index (χ0n) is 6.61. The largest absolute Gasteiger partial charge is 0.479 e. The minimum Gasteiger partial charge on any atom is -0.479 e. The van der Waals surface area contributed by atoms with Gasteiger partial charge in [-0.2, -0.15) is 0 Å². The molecule has 0 saturated heterocycles. The normalized spacial score (nSPS) is 20.4. The highest BCUT2D eigenvalue weighted by atomic mass is 16.4. The molecular formula is C6H12O7. The van der Waals surface area contributed by atoms with E-state index >= 15 is 0 Å². The molecule has 0 aliphatic heterocycles. The van der Waals surface area contributed by atoms with Crippen molar-refractivity contribution in [3.05, 3.63) is 0 Å². The Bertz CT molecular complexity index is 170. The average molecular weight is 196 g/mol. The second-order valence-corrected chi connectivity index (χ2v) is 2.51. The molecule has 0 amide bonds. The molecule has 13 heavy (non-hydrogen) atoms. The zero-order valence-corrected chi connectivity index (χ0v) is 6.61. The zero-order chi connectivity index (χ0) is 10.6. The number of carbonyl (C=O) groups is 1. The van der Waals surface area contributed by atoms with Gasteiger partial charge in [0.25, 0.3) is 0 Å². The summed E-state index contributed by atoms with van der Waals surface area (Å²) in [4.78, 5) is 10.1. The average Bonchev–Trinajstić information content (AvgIpc) is 2.12. The lowest BCUT2D eigenvalue weighted by Crippen LogP contribution is -2.48. The minimum absolute atomic E-state index is 0.843. The van der Waals surface area contributed by atoms with Crippen LogP contribution in [-0.2, 0) is 4.79 Å². The molecule has 4 atom stereocenters. The maximum atomic E-state index is 10.1. The monoisotopic (exact) mass is 196 g/mol. The summed E-state index contributed by atoms with van der Waals surface area (Å²) in [5, 5.41) is 51.8. The fourth-order valence-corrected chi connectivity index (χ4v) is 0.668. The molecule has 0 bridgehead atoms. The van der Waals surface area contributed by atoms with E-state index in [1.165, 1.54) is 0 Å². The van der Waals surface area contributed by atoms with Crippen LogP contribution in [0.2, 0.25) is 0 Å². The van der Waals surface area contributed by atoms with Crippen molar-refractivity contribution in [1.29, 1.82) is 0 Å². The van der Waals surface area contributed by atoms with Crippen LogP contribution in [0.1, 0.15) is 0 Å². The van der Waals surface area contributed by atoms with Crippen LogP contribution in [0.15, 0.2) is 0 Å². The van der Waals surface area contributed by atoms with Gasteiger partial charge in [-0.15, -0.1) is 0 Å². The smallest absolute Gasteiger partial charge is 0.335 e. The first kappa shape index (κ1) is 12.3. The van der Waals surface area contributed by atoms with Gasteiger partial charge in [-0.05, 0) is 0 Å². The molecule has 0 aromatic carbocycles. The van der Waals surface area contributed by atoms with Crippen molar-refractivity contribution >= 4 is 5.97 Å². The summed E-state index contributed by atoms with van der Waals surface area (Å²) in [6.07, 6.45) is -7.84. The van der Waals surface area contributed by atoms with Crippen molar-refractivity contribution in [1.82, 2.24) is 0 Å². The first-order valence-corrected chi connectivity index (χ1v) is 3.47. The minimum atomic E-state index is -2.20. The van der Waals surface area contributed by atoms with Gasteiger partial charge in [0.1, 0.15) is 18.3 Å². The van der Waals surface area contributed by atoms with E-state index in [1.807, 2.05) is 0 Å². The maximum Gasteiger partial charge on any atom is 0.335 e. The van der Waals surface area contributed by atoms with Crippen molar-refractivity contribution in [2.45, 2.75) is 24.4 Å². The fraction of sp³-hybridized carbons (Fsp3) is 0.833. The van der Waals surface area contributed by atoms with Gasteiger partial charge in [-0.3, -0.25) is 0 Å². The molecule has 0 rings (SSSR count). The highest BCUT2D eigenvalue weighted by Gasteiger charge is 2.33. The molecule has 0 radical (unpaired) electrons. The Kier molecular flexibility index (Phi) is 4.81. The molecule has 2 unspecified atom stereocenters. The van der Waals surface area contributed by atoms with E-state index < -0.39 is 37.0 Å².